The zero-order chi connectivity index (χ0) is 9.76. The first-order valence-electron chi connectivity index (χ1n) is 5.68. The van der Waals surface area contributed by atoms with Crippen molar-refractivity contribution in [2.45, 2.75) is 25.7 Å². The van der Waals surface area contributed by atoms with E-state index in [4.69, 9.17) is 0 Å². The van der Waals surface area contributed by atoms with Crippen LogP contribution in [0.1, 0.15) is 25.7 Å². The molecule has 78 valence electrons. The van der Waals surface area contributed by atoms with E-state index in [1.807, 2.05) is 0 Å². The summed E-state index contributed by atoms with van der Waals surface area (Å²) < 4.78 is 0. The first kappa shape index (κ1) is 8.72. The lowest BCUT2D eigenvalue weighted by Gasteiger charge is -2.33. The SMILES string of the molecule is O=C(O)C1CNCC1(C1CC1)C1CC1. The monoisotopic (exact) mass is 195 g/mol. The van der Waals surface area contributed by atoms with E-state index >= 15 is 0 Å². The Balaban J connectivity index is 1.92. The minimum absolute atomic E-state index is 0.109. The molecule has 14 heavy (non-hydrogen) atoms. The van der Waals surface area contributed by atoms with Gasteiger partial charge in [-0.1, -0.05) is 0 Å². The van der Waals surface area contributed by atoms with Crippen LogP contribution < -0.4 is 5.32 Å². The maximum atomic E-state index is 11.2. The van der Waals surface area contributed by atoms with E-state index in [1.54, 1.807) is 0 Å². The number of hydrogen-bond donors (Lipinski definition) is 2. The van der Waals surface area contributed by atoms with E-state index < -0.39 is 5.97 Å². The lowest BCUT2D eigenvalue weighted by Crippen LogP contribution is -2.39. The molecule has 3 fully saturated rings. The second-order valence-electron chi connectivity index (χ2n) is 5.18. The van der Waals surface area contributed by atoms with Gasteiger partial charge in [0, 0.05) is 18.5 Å². The van der Waals surface area contributed by atoms with E-state index in [1.165, 1.54) is 25.7 Å². The maximum Gasteiger partial charge on any atom is 0.308 e. The molecule has 1 saturated heterocycles. The zero-order valence-corrected chi connectivity index (χ0v) is 8.33. The molecule has 0 aromatic carbocycles. The van der Waals surface area contributed by atoms with Crippen LogP contribution in [0.3, 0.4) is 0 Å². The molecule has 2 saturated carbocycles. The minimum atomic E-state index is -0.575. The third kappa shape index (κ3) is 1.05. The second kappa shape index (κ2) is 2.72. The van der Waals surface area contributed by atoms with Gasteiger partial charge in [0.05, 0.1) is 5.92 Å². The Hall–Kier alpha value is -0.570. The first-order chi connectivity index (χ1) is 6.75. The first-order valence-corrected chi connectivity index (χ1v) is 5.68. The molecule has 0 amide bonds. The average molecular weight is 195 g/mol. The molecule has 1 aliphatic heterocycles. The van der Waals surface area contributed by atoms with Crippen LogP contribution in [0.25, 0.3) is 0 Å². The molecule has 2 N–H and O–H groups in total. The summed E-state index contributed by atoms with van der Waals surface area (Å²) in [4.78, 5) is 11.2. The fourth-order valence-corrected chi connectivity index (χ4v) is 3.50. The molecule has 1 unspecified atom stereocenters. The maximum absolute atomic E-state index is 11.2. The van der Waals surface area contributed by atoms with Crippen LogP contribution in [0, 0.1) is 23.2 Å². The van der Waals surface area contributed by atoms with Gasteiger partial charge in [-0.2, -0.15) is 0 Å². The van der Waals surface area contributed by atoms with Gasteiger partial charge in [-0.05, 0) is 37.5 Å². The van der Waals surface area contributed by atoms with Gasteiger partial charge in [-0.15, -0.1) is 0 Å². The largest absolute Gasteiger partial charge is 0.481 e. The van der Waals surface area contributed by atoms with E-state index in [2.05, 4.69) is 5.32 Å². The summed E-state index contributed by atoms with van der Waals surface area (Å²) in [6.07, 6.45) is 5.06. The Bertz CT molecular complexity index is 256. The highest BCUT2D eigenvalue weighted by Crippen LogP contribution is 2.62. The van der Waals surface area contributed by atoms with Crippen molar-refractivity contribution in [3.8, 4) is 0 Å². The Kier molecular flexibility index (Phi) is 1.69. The molecule has 0 aromatic heterocycles. The summed E-state index contributed by atoms with van der Waals surface area (Å²) >= 11 is 0. The molecule has 3 nitrogen and oxygen atoms in total. The molecule has 1 atom stereocenters. The molecule has 3 aliphatic rings. The number of nitrogens with one attached hydrogen (secondary N) is 1. The third-order valence-electron chi connectivity index (χ3n) is 4.40. The van der Waals surface area contributed by atoms with Crippen LogP contribution in [0.5, 0.6) is 0 Å². The summed E-state index contributed by atoms with van der Waals surface area (Å²) in [6, 6.07) is 0. The lowest BCUT2D eigenvalue weighted by molar-refractivity contribution is -0.145. The summed E-state index contributed by atoms with van der Waals surface area (Å²) in [6.45, 7) is 1.65. The second-order valence-corrected chi connectivity index (χ2v) is 5.18. The summed E-state index contributed by atoms with van der Waals surface area (Å²) in [5.74, 6) is 0.744. The Morgan fingerprint density at radius 2 is 1.79 bits per heavy atom. The van der Waals surface area contributed by atoms with Crippen molar-refractivity contribution in [2.24, 2.45) is 23.2 Å². The molecule has 1 heterocycles. The Morgan fingerprint density at radius 1 is 1.21 bits per heavy atom. The van der Waals surface area contributed by atoms with E-state index in [9.17, 15) is 9.90 Å². The van der Waals surface area contributed by atoms with Gasteiger partial charge in [-0.3, -0.25) is 4.79 Å². The fourth-order valence-electron chi connectivity index (χ4n) is 3.50. The fraction of sp³-hybridized carbons (Fsp3) is 0.909. The summed E-state index contributed by atoms with van der Waals surface area (Å²) in [7, 11) is 0. The highest BCUT2D eigenvalue weighted by molar-refractivity contribution is 5.72. The van der Waals surface area contributed by atoms with Crippen LogP contribution >= 0.6 is 0 Å². The van der Waals surface area contributed by atoms with Crippen LogP contribution in [0.4, 0.5) is 0 Å². The molecule has 2 aliphatic carbocycles. The highest BCUT2D eigenvalue weighted by Gasteiger charge is 2.61. The van der Waals surface area contributed by atoms with Crippen LogP contribution in [0.15, 0.2) is 0 Å². The molecule has 0 aromatic rings. The van der Waals surface area contributed by atoms with Crippen molar-refractivity contribution in [2.75, 3.05) is 13.1 Å². The van der Waals surface area contributed by atoms with Crippen molar-refractivity contribution in [1.29, 1.82) is 0 Å². The summed E-state index contributed by atoms with van der Waals surface area (Å²) in [5, 5.41) is 12.6. The van der Waals surface area contributed by atoms with Crippen molar-refractivity contribution in [3.05, 3.63) is 0 Å². The minimum Gasteiger partial charge on any atom is -0.481 e. The van der Waals surface area contributed by atoms with Gasteiger partial charge in [0.2, 0.25) is 0 Å². The zero-order valence-electron chi connectivity index (χ0n) is 8.33. The number of rotatable bonds is 3. The quantitative estimate of drug-likeness (QED) is 0.709. The van der Waals surface area contributed by atoms with E-state index in [-0.39, 0.29) is 11.3 Å². The van der Waals surface area contributed by atoms with Crippen molar-refractivity contribution in [1.82, 2.24) is 5.32 Å². The Morgan fingerprint density at radius 3 is 2.21 bits per heavy atom. The highest BCUT2D eigenvalue weighted by atomic mass is 16.4. The van der Waals surface area contributed by atoms with Crippen molar-refractivity contribution in [3.63, 3.8) is 0 Å². The molecule has 3 rings (SSSR count). The Labute approximate surface area is 83.9 Å². The van der Waals surface area contributed by atoms with Crippen molar-refractivity contribution >= 4 is 5.97 Å². The van der Waals surface area contributed by atoms with Crippen LogP contribution in [-0.4, -0.2) is 24.2 Å². The molecular weight excluding hydrogens is 178 g/mol. The number of carbonyl (C=O) groups is 1. The van der Waals surface area contributed by atoms with E-state index in [0.717, 1.165) is 6.54 Å². The van der Waals surface area contributed by atoms with Gasteiger partial charge in [-0.25, -0.2) is 0 Å². The number of carboxylic acids is 1. The van der Waals surface area contributed by atoms with E-state index in [0.29, 0.717) is 18.4 Å². The number of carboxylic acid groups (broad SMARTS) is 1. The van der Waals surface area contributed by atoms with Gasteiger partial charge in [0.1, 0.15) is 0 Å². The van der Waals surface area contributed by atoms with Crippen molar-refractivity contribution < 1.29 is 9.90 Å². The lowest BCUT2D eigenvalue weighted by atomic mass is 9.70. The smallest absolute Gasteiger partial charge is 0.308 e. The topological polar surface area (TPSA) is 49.3 Å². The molecule has 0 bridgehead atoms. The molecule has 0 spiro atoms. The van der Waals surface area contributed by atoms with Crippen LogP contribution in [0.2, 0.25) is 0 Å². The van der Waals surface area contributed by atoms with Gasteiger partial charge < -0.3 is 10.4 Å². The predicted octanol–water partition coefficient (Wildman–Crippen LogP) is 1.10. The van der Waals surface area contributed by atoms with Gasteiger partial charge in [0.25, 0.3) is 0 Å². The summed E-state index contributed by atoms with van der Waals surface area (Å²) in [5.41, 5.74) is 0.145. The normalized spacial score (nSPS) is 35.9. The predicted molar refractivity (Wildman–Crippen MR) is 51.9 cm³/mol. The third-order valence-corrected chi connectivity index (χ3v) is 4.40. The molecule has 0 radical (unpaired) electrons. The number of hydrogen-bond acceptors (Lipinski definition) is 2. The number of aliphatic carboxylic acids is 1. The van der Waals surface area contributed by atoms with Gasteiger partial charge in [0.15, 0.2) is 0 Å². The van der Waals surface area contributed by atoms with Crippen LogP contribution in [-0.2, 0) is 4.79 Å². The average Bonchev–Trinajstić information content (AvgIpc) is 3.02. The molecular formula is C11H17NO2. The molecule has 3 heteroatoms. The standard InChI is InChI=1S/C11H17NO2/c13-10(14)9-5-12-6-11(9,7-1-2-7)8-3-4-8/h7-9,12H,1-6H2,(H,13,14). The van der Waals surface area contributed by atoms with Gasteiger partial charge >= 0.3 is 5.97 Å².